The molecule has 0 N–H and O–H groups in total. The number of nitrogens with zero attached hydrogens (tertiary/aromatic N) is 4. The van der Waals surface area contributed by atoms with Gasteiger partial charge >= 0.3 is 0 Å². The van der Waals surface area contributed by atoms with Crippen LogP contribution >= 0.6 is 11.6 Å². The molecule has 1 aliphatic heterocycles. The van der Waals surface area contributed by atoms with Crippen molar-refractivity contribution in [3.63, 3.8) is 0 Å². The highest BCUT2D eigenvalue weighted by molar-refractivity contribution is 7.89. The molecule has 2 heterocycles. The number of aromatic nitrogens is 2. The number of ether oxygens (including phenoxy) is 1. The number of hydrogen-bond acceptors (Lipinski definition) is 5. The minimum Gasteiger partial charge on any atom is -0.383 e. The molecular weight excluding hydrogens is 376 g/mol. The number of methoxy groups -OCH3 is 1. The fourth-order valence-corrected chi connectivity index (χ4v) is 4.83. The molecule has 0 unspecified atom stereocenters. The maximum absolute atomic E-state index is 12.8. The SMILES string of the molecule is COCCn1cc(S(=O)(=O)N2CCN(c3c(C)cccc3Cl)CC2)cn1. The molecule has 1 aromatic heterocycles. The molecule has 9 heteroatoms. The topological polar surface area (TPSA) is 67.7 Å². The smallest absolute Gasteiger partial charge is 0.246 e. The van der Waals surface area contributed by atoms with Crippen LogP contribution in [-0.2, 0) is 21.3 Å². The minimum atomic E-state index is -3.54. The van der Waals surface area contributed by atoms with Gasteiger partial charge in [-0.15, -0.1) is 0 Å². The molecule has 26 heavy (non-hydrogen) atoms. The van der Waals surface area contributed by atoms with E-state index in [1.54, 1.807) is 18.0 Å². The van der Waals surface area contributed by atoms with Crippen molar-refractivity contribution in [3.05, 3.63) is 41.2 Å². The van der Waals surface area contributed by atoms with E-state index in [9.17, 15) is 8.42 Å². The van der Waals surface area contributed by atoms with Gasteiger partial charge in [0.2, 0.25) is 10.0 Å². The highest BCUT2D eigenvalue weighted by atomic mass is 35.5. The Balaban J connectivity index is 1.70. The van der Waals surface area contributed by atoms with Crippen LogP contribution in [0.1, 0.15) is 5.56 Å². The Kier molecular flexibility index (Phi) is 5.86. The van der Waals surface area contributed by atoms with E-state index in [2.05, 4.69) is 10.00 Å². The molecule has 1 aliphatic rings. The third kappa shape index (κ3) is 3.88. The average molecular weight is 399 g/mol. The Bertz CT molecular complexity index is 840. The first kappa shape index (κ1) is 19.2. The molecule has 7 nitrogen and oxygen atoms in total. The molecule has 0 amide bonds. The van der Waals surface area contributed by atoms with Crippen LogP contribution in [0.15, 0.2) is 35.5 Å². The van der Waals surface area contributed by atoms with E-state index in [0.29, 0.717) is 44.4 Å². The summed E-state index contributed by atoms with van der Waals surface area (Å²) in [6.45, 7) is 5.04. The molecule has 142 valence electrons. The van der Waals surface area contributed by atoms with E-state index in [4.69, 9.17) is 16.3 Å². The van der Waals surface area contributed by atoms with Crippen LogP contribution in [0.4, 0.5) is 5.69 Å². The predicted octanol–water partition coefficient (Wildman–Crippen LogP) is 2.00. The van der Waals surface area contributed by atoms with E-state index in [0.717, 1.165) is 11.3 Å². The summed E-state index contributed by atoms with van der Waals surface area (Å²) in [4.78, 5) is 2.36. The number of halogens is 1. The van der Waals surface area contributed by atoms with Crippen molar-refractivity contribution < 1.29 is 13.2 Å². The zero-order valence-corrected chi connectivity index (χ0v) is 16.5. The van der Waals surface area contributed by atoms with E-state index >= 15 is 0 Å². The molecule has 0 atom stereocenters. The number of rotatable bonds is 6. The van der Waals surface area contributed by atoms with Gasteiger partial charge in [-0.2, -0.15) is 9.40 Å². The van der Waals surface area contributed by atoms with Crippen molar-refractivity contribution in [2.24, 2.45) is 0 Å². The van der Waals surface area contributed by atoms with Gasteiger partial charge in [0, 0.05) is 39.5 Å². The van der Waals surface area contributed by atoms with Crippen molar-refractivity contribution in [1.82, 2.24) is 14.1 Å². The number of benzene rings is 1. The van der Waals surface area contributed by atoms with Gasteiger partial charge < -0.3 is 9.64 Å². The van der Waals surface area contributed by atoms with Gasteiger partial charge in [-0.1, -0.05) is 23.7 Å². The summed E-state index contributed by atoms with van der Waals surface area (Å²) >= 11 is 6.33. The van der Waals surface area contributed by atoms with Gasteiger partial charge in [-0.3, -0.25) is 4.68 Å². The Hall–Kier alpha value is -1.61. The average Bonchev–Trinajstić information content (AvgIpc) is 3.10. The van der Waals surface area contributed by atoms with Crippen molar-refractivity contribution in [2.75, 3.05) is 44.8 Å². The van der Waals surface area contributed by atoms with Gasteiger partial charge in [-0.25, -0.2) is 8.42 Å². The second kappa shape index (κ2) is 7.96. The monoisotopic (exact) mass is 398 g/mol. The molecule has 0 spiro atoms. The largest absolute Gasteiger partial charge is 0.383 e. The number of sulfonamides is 1. The Morgan fingerprint density at radius 2 is 1.96 bits per heavy atom. The van der Waals surface area contributed by atoms with Gasteiger partial charge in [0.05, 0.1) is 30.1 Å². The minimum absolute atomic E-state index is 0.218. The van der Waals surface area contributed by atoms with Crippen molar-refractivity contribution in [3.8, 4) is 0 Å². The van der Waals surface area contributed by atoms with Crippen molar-refractivity contribution in [2.45, 2.75) is 18.4 Å². The maximum atomic E-state index is 12.8. The molecule has 0 saturated carbocycles. The molecule has 1 saturated heterocycles. The van der Waals surface area contributed by atoms with Crippen LogP contribution in [0, 0.1) is 6.92 Å². The van der Waals surface area contributed by atoms with E-state index < -0.39 is 10.0 Å². The Labute approximate surface area is 159 Å². The van der Waals surface area contributed by atoms with Gasteiger partial charge in [0.15, 0.2) is 0 Å². The number of aryl methyl sites for hydroxylation is 1. The molecule has 0 radical (unpaired) electrons. The highest BCUT2D eigenvalue weighted by Gasteiger charge is 2.30. The van der Waals surface area contributed by atoms with Crippen LogP contribution in [0.5, 0.6) is 0 Å². The van der Waals surface area contributed by atoms with E-state index in [1.807, 2.05) is 25.1 Å². The van der Waals surface area contributed by atoms with Crippen LogP contribution in [0.25, 0.3) is 0 Å². The van der Waals surface area contributed by atoms with E-state index in [-0.39, 0.29) is 4.90 Å². The molecular formula is C17H23ClN4O3S. The second-order valence-electron chi connectivity index (χ2n) is 6.23. The maximum Gasteiger partial charge on any atom is 0.246 e. The number of anilines is 1. The molecule has 2 aromatic rings. The lowest BCUT2D eigenvalue weighted by molar-refractivity contribution is 0.183. The van der Waals surface area contributed by atoms with Crippen LogP contribution in [-0.4, -0.2) is 62.4 Å². The molecule has 0 aliphatic carbocycles. The standard InChI is InChI=1S/C17H23ClN4O3S/c1-14-4-3-5-16(18)17(14)20-6-8-22(9-7-20)26(23,24)15-12-19-21(13-15)10-11-25-2/h3-5,12-13H,6-11H2,1-2H3. The summed E-state index contributed by atoms with van der Waals surface area (Å²) in [7, 11) is -1.94. The van der Waals surface area contributed by atoms with Gasteiger partial charge in [-0.05, 0) is 18.6 Å². The predicted molar refractivity (Wildman–Crippen MR) is 101 cm³/mol. The highest BCUT2D eigenvalue weighted by Crippen LogP contribution is 2.30. The fourth-order valence-electron chi connectivity index (χ4n) is 3.11. The fraction of sp³-hybridized carbons (Fsp3) is 0.471. The summed E-state index contributed by atoms with van der Waals surface area (Å²) in [5.74, 6) is 0. The van der Waals surface area contributed by atoms with Gasteiger partial charge in [0.25, 0.3) is 0 Å². The second-order valence-corrected chi connectivity index (χ2v) is 8.57. The summed E-state index contributed by atoms with van der Waals surface area (Å²) < 4.78 is 33.8. The zero-order chi connectivity index (χ0) is 18.7. The molecule has 1 fully saturated rings. The first-order valence-corrected chi connectivity index (χ1v) is 10.3. The quantitative estimate of drug-likeness (QED) is 0.744. The van der Waals surface area contributed by atoms with E-state index in [1.165, 1.54) is 10.5 Å². The number of piperazine rings is 1. The Morgan fingerprint density at radius 1 is 1.23 bits per heavy atom. The third-order valence-electron chi connectivity index (χ3n) is 4.52. The number of hydrogen-bond donors (Lipinski definition) is 0. The van der Waals surface area contributed by atoms with Crippen LogP contribution in [0.3, 0.4) is 0 Å². The lowest BCUT2D eigenvalue weighted by Crippen LogP contribution is -2.48. The Morgan fingerprint density at radius 3 is 2.62 bits per heavy atom. The molecule has 0 bridgehead atoms. The lowest BCUT2D eigenvalue weighted by Gasteiger charge is -2.36. The molecule has 1 aromatic carbocycles. The first-order valence-electron chi connectivity index (χ1n) is 8.45. The normalized spacial score (nSPS) is 16.2. The zero-order valence-electron chi connectivity index (χ0n) is 14.9. The molecule has 3 rings (SSSR count). The van der Waals surface area contributed by atoms with Crippen molar-refractivity contribution in [1.29, 1.82) is 0 Å². The summed E-state index contributed by atoms with van der Waals surface area (Å²) in [6, 6.07) is 5.79. The van der Waals surface area contributed by atoms with Gasteiger partial charge in [0.1, 0.15) is 4.90 Å². The number of para-hydroxylation sites is 1. The van der Waals surface area contributed by atoms with Crippen LogP contribution in [0.2, 0.25) is 5.02 Å². The summed E-state index contributed by atoms with van der Waals surface area (Å²) in [5.41, 5.74) is 2.08. The lowest BCUT2D eigenvalue weighted by atomic mass is 10.1. The van der Waals surface area contributed by atoms with Crippen molar-refractivity contribution >= 4 is 27.3 Å². The summed E-state index contributed by atoms with van der Waals surface area (Å²) in [6.07, 6.45) is 2.95. The third-order valence-corrected chi connectivity index (χ3v) is 6.67. The summed E-state index contributed by atoms with van der Waals surface area (Å²) in [5, 5.41) is 4.80. The first-order chi connectivity index (χ1) is 12.4. The van der Waals surface area contributed by atoms with Crippen LogP contribution < -0.4 is 4.90 Å².